The number of carbonyl (C=O) groups is 2. The average molecular weight is 442 g/mol. The minimum Gasteiger partial charge on any atom is -0.545 e. The number of ether oxygens (including phenoxy) is 1. The van der Waals surface area contributed by atoms with Gasteiger partial charge < -0.3 is 14.6 Å². The second kappa shape index (κ2) is 10.9. The first-order chi connectivity index (χ1) is 15.1. The van der Waals surface area contributed by atoms with Crippen molar-refractivity contribution in [3.05, 3.63) is 59.2 Å². The predicted molar refractivity (Wildman–Crippen MR) is 112 cm³/mol. The topological polar surface area (TPSA) is 105 Å². The van der Waals surface area contributed by atoms with Crippen molar-refractivity contribution >= 4 is 28.4 Å². The number of aromatic nitrogens is 2. The minimum absolute atomic E-state index is 0. The fourth-order valence-corrected chi connectivity index (χ4v) is 4.26. The molecular weight excluding hydrogens is 419 g/mol. The summed E-state index contributed by atoms with van der Waals surface area (Å²) in [6.45, 7) is 0. The number of hydrogen-bond acceptors (Lipinski definition) is 7. The first-order valence-electron chi connectivity index (χ1n) is 10.4. The maximum Gasteiger partial charge on any atom is 1.00 e. The van der Waals surface area contributed by atoms with Crippen molar-refractivity contribution in [1.29, 1.82) is 0 Å². The average Bonchev–Trinajstić information content (AvgIpc) is 3.27. The van der Waals surface area contributed by atoms with Crippen molar-refractivity contribution < 1.29 is 53.6 Å². The summed E-state index contributed by atoms with van der Waals surface area (Å²) >= 11 is 0. The Kier molecular flexibility index (Phi) is 8.23. The molecule has 0 bridgehead atoms. The summed E-state index contributed by atoms with van der Waals surface area (Å²) in [6.07, 6.45) is 5.70. The Labute approximate surface area is 208 Å². The van der Waals surface area contributed by atoms with E-state index in [1.807, 2.05) is 0 Å². The maximum absolute atomic E-state index is 13.5. The predicted octanol–water partition coefficient (Wildman–Crippen LogP) is 0.592. The second-order valence-corrected chi connectivity index (χ2v) is 7.87. The van der Waals surface area contributed by atoms with Gasteiger partial charge in [0, 0.05) is 16.7 Å². The van der Waals surface area contributed by atoms with Gasteiger partial charge in [0.2, 0.25) is 0 Å². The maximum atomic E-state index is 13.5. The minimum atomic E-state index is -1.39. The standard InChI is InChI=1S/C24H24N2O5.Na/c1-30-18-10-7-16(8-11-18)23(27)19(13-15-5-3-2-4-6-15)22(24(28)29)17-9-12-20-21(14-17)26-31-25-20;/h7-12,14-15H,2-6,13H2,1H3,(H,28,29);/q;+1/p-1. The number of nitrogens with zero attached hydrogens (tertiary/aromatic N) is 2. The number of carboxylic acid groups (broad SMARTS) is 1. The molecule has 0 amide bonds. The molecule has 1 saturated carbocycles. The van der Waals surface area contributed by atoms with Crippen LogP contribution in [0.2, 0.25) is 0 Å². The van der Waals surface area contributed by atoms with Gasteiger partial charge >= 0.3 is 29.6 Å². The number of methoxy groups -OCH3 is 1. The summed E-state index contributed by atoms with van der Waals surface area (Å²) < 4.78 is 9.89. The number of fused-ring (bicyclic) bond motifs is 1. The Morgan fingerprint density at radius 3 is 2.31 bits per heavy atom. The number of hydrogen-bond donors (Lipinski definition) is 0. The van der Waals surface area contributed by atoms with Crippen LogP contribution in [0.3, 0.4) is 0 Å². The number of aliphatic carboxylic acids is 1. The van der Waals surface area contributed by atoms with E-state index in [9.17, 15) is 14.7 Å². The molecule has 3 aromatic rings. The summed E-state index contributed by atoms with van der Waals surface area (Å²) in [6, 6.07) is 11.5. The first-order valence-corrected chi connectivity index (χ1v) is 10.4. The molecule has 32 heavy (non-hydrogen) atoms. The molecule has 160 valence electrons. The molecule has 8 heteroatoms. The van der Waals surface area contributed by atoms with Crippen molar-refractivity contribution in [1.82, 2.24) is 10.3 Å². The smallest absolute Gasteiger partial charge is 0.545 e. The van der Waals surface area contributed by atoms with E-state index in [4.69, 9.17) is 9.37 Å². The fraction of sp³-hybridized carbons (Fsp3) is 0.333. The van der Waals surface area contributed by atoms with E-state index in [0.29, 0.717) is 34.3 Å². The number of carboxylic acids is 1. The van der Waals surface area contributed by atoms with Crippen LogP contribution < -0.4 is 39.4 Å². The molecule has 1 aromatic heterocycles. The third kappa shape index (κ3) is 5.28. The van der Waals surface area contributed by atoms with Crippen LogP contribution in [0.4, 0.5) is 0 Å². The van der Waals surface area contributed by atoms with E-state index in [-0.39, 0.29) is 52.4 Å². The summed E-state index contributed by atoms with van der Waals surface area (Å²) in [5.74, 6) is -0.814. The molecule has 1 heterocycles. The van der Waals surface area contributed by atoms with E-state index >= 15 is 0 Å². The summed E-state index contributed by atoms with van der Waals surface area (Å²) in [5.41, 5.74) is 1.86. The van der Waals surface area contributed by atoms with Crippen molar-refractivity contribution in [3.8, 4) is 5.75 Å². The molecule has 0 aliphatic heterocycles. The van der Waals surface area contributed by atoms with Gasteiger partial charge in [0.15, 0.2) is 5.78 Å². The van der Waals surface area contributed by atoms with Gasteiger partial charge in [-0.15, -0.1) is 0 Å². The van der Waals surface area contributed by atoms with Crippen LogP contribution in [0.15, 0.2) is 52.7 Å². The molecular formula is C24H23N2NaO5. The summed E-state index contributed by atoms with van der Waals surface area (Å²) in [4.78, 5) is 25.8. The molecule has 0 spiro atoms. The monoisotopic (exact) mass is 442 g/mol. The van der Waals surface area contributed by atoms with Gasteiger partial charge in [-0.1, -0.05) is 38.2 Å². The Morgan fingerprint density at radius 2 is 1.66 bits per heavy atom. The zero-order valence-corrected chi connectivity index (χ0v) is 20.3. The number of carbonyl (C=O) groups excluding carboxylic acids is 2. The fourth-order valence-electron chi connectivity index (χ4n) is 4.26. The van der Waals surface area contributed by atoms with Crippen molar-refractivity contribution in [2.75, 3.05) is 7.11 Å². The molecule has 1 aliphatic rings. The van der Waals surface area contributed by atoms with Gasteiger partial charge in [-0.2, -0.15) is 0 Å². The molecule has 4 rings (SSSR count). The van der Waals surface area contributed by atoms with Gasteiger partial charge in [-0.25, -0.2) is 4.63 Å². The van der Waals surface area contributed by atoms with Gasteiger partial charge in [0.25, 0.3) is 0 Å². The first kappa shape index (κ1) is 24.2. The summed E-state index contributed by atoms with van der Waals surface area (Å²) in [7, 11) is 1.55. The molecule has 7 nitrogen and oxygen atoms in total. The molecule has 0 saturated heterocycles. The number of Topliss-reactive ketones (excluding diaryl/α,β-unsaturated/α-hetero) is 1. The summed E-state index contributed by atoms with van der Waals surface area (Å²) in [5, 5.41) is 19.8. The van der Waals surface area contributed by atoms with Crippen LogP contribution in [0, 0.1) is 5.92 Å². The Bertz CT molecular complexity index is 1130. The van der Waals surface area contributed by atoms with Crippen LogP contribution in [-0.4, -0.2) is 29.2 Å². The number of allylic oxidation sites excluding steroid dienone is 1. The molecule has 0 atom stereocenters. The number of rotatable bonds is 7. The normalized spacial score (nSPS) is 15.0. The third-order valence-electron chi connectivity index (χ3n) is 5.89. The van der Waals surface area contributed by atoms with Gasteiger partial charge in [-0.05, 0) is 64.6 Å². The zero-order chi connectivity index (χ0) is 21.8. The van der Waals surface area contributed by atoms with Gasteiger partial charge in [0.1, 0.15) is 16.8 Å². The Morgan fingerprint density at radius 1 is 1.00 bits per heavy atom. The van der Waals surface area contributed by atoms with Crippen molar-refractivity contribution in [3.63, 3.8) is 0 Å². The second-order valence-electron chi connectivity index (χ2n) is 7.87. The largest absolute Gasteiger partial charge is 1.00 e. The van der Waals surface area contributed by atoms with E-state index in [1.165, 1.54) is 6.42 Å². The molecule has 1 aliphatic carbocycles. The Hall–Kier alpha value is -2.48. The molecule has 0 unspecified atom stereocenters. The van der Waals surface area contributed by atoms with E-state index in [0.717, 1.165) is 25.7 Å². The van der Waals surface area contributed by atoms with E-state index < -0.39 is 5.97 Å². The van der Waals surface area contributed by atoms with Crippen LogP contribution in [0.25, 0.3) is 16.6 Å². The van der Waals surface area contributed by atoms with Crippen LogP contribution in [-0.2, 0) is 4.79 Å². The Balaban J connectivity index is 0.00000289. The van der Waals surface area contributed by atoms with Crippen LogP contribution >= 0.6 is 0 Å². The van der Waals surface area contributed by atoms with Crippen molar-refractivity contribution in [2.45, 2.75) is 38.5 Å². The number of ketones is 1. The van der Waals surface area contributed by atoms with Crippen LogP contribution in [0.1, 0.15) is 54.4 Å². The third-order valence-corrected chi connectivity index (χ3v) is 5.89. The molecule has 0 N–H and O–H groups in total. The van der Waals surface area contributed by atoms with Gasteiger partial charge in [0.05, 0.1) is 13.1 Å². The zero-order valence-electron chi connectivity index (χ0n) is 18.3. The molecule has 1 fully saturated rings. The quantitative estimate of drug-likeness (QED) is 0.300. The van der Waals surface area contributed by atoms with Crippen molar-refractivity contribution in [2.24, 2.45) is 5.92 Å². The van der Waals surface area contributed by atoms with Gasteiger partial charge in [-0.3, -0.25) is 4.79 Å². The number of benzene rings is 2. The SMILES string of the molecule is COc1ccc(C(=O)C(CC2CCCCC2)=C(C(=O)[O-])c2ccc3nonc3c2)cc1.[Na+]. The molecule has 2 aromatic carbocycles. The van der Waals surface area contributed by atoms with E-state index in [2.05, 4.69) is 10.3 Å². The van der Waals surface area contributed by atoms with E-state index in [1.54, 1.807) is 49.6 Å². The van der Waals surface area contributed by atoms with Crippen LogP contribution in [0.5, 0.6) is 5.75 Å². The molecule has 0 radical (unpaired) electrons.